The molecule has 0 aliphatic rings. The molecule has 0 unspecified atom stereocenters. The Kier molecular flexibility index (Phi) is 1.77. The minimum Gasteiger partial charge on any atom is -0.288 e. The van der Waals surface area contributed by atoms with Crippen LogP contribution in [-0.2, 0) is 0 Å². The van der Waals surface area contributed by atoms with Crippen molar-refractivity contribution in [1.29, 1.82) is 5.26 Å². The average molecular weight is 170 g/mol. The van der Waals surface area contributed by atoms with Crippen LogP contribution in [0.2, 0.25) is 0 Å². The second-order valence-electron chi connectivity index (χ2n) is 2.53. The molecule has 0 radical (unpaired) electrons. The molecule has 0 saturated heterocycles. The molecular formula is C9H6N4. The highest BCUT2D eigenvalue weighted by Crippen LogP contribution is 2.08. The molecule has 1 heterocycles. The molecule has 0 saturated carbocycles. The van der Waals surface area contributed by atoms with Crippen LogP contribution in [0.5, 0.6) is 0 Å². The monoisotopic (exact) mass is 170 g/mol. The summed E-state index contributed by atoms with van der Waals surface area (Å²) >= 11 is 0. The summed E-state index contributed by atoms with van der Waals surface area (Å²) in [5.41, 5.74) is 1.52. The van der Waals surface area contributed by atoms with E-state index in [2.05, 4.69) is 16.3 Å². The fraction of sp³-hybridized carbons (Fsp3) is 0. The van der Waals surface area contributed by atoms with Gasteiger partial charge in [-0.05, 0) is 18.2 Å². The Labute approximate surface area is 75.1 Å². The van der Waals surface area contributed by atoms with Gasteiger partial charge in [-0.3, -0.25) is 4.57 Å². The first-order valence-corrected chi connectivity index (χ1v) is 3.75. The molecule has 1 aromatic heterocycles. The smallest absolute Gasteiger partial charge is 0.123 e. The predicted molar refractivity (Wildman–Crippen MR) is 46.1 cm³/mol. The standard InChI is InChI=1S/C9H6N4/c10-5-8-2-1-3-9(4-8)13-6-11-12-7-13/h1-4,6-7H. The van der Waals surface area contributed by atoms with Crippen molar-refractivity contribution >= 4 is 0 Å². The van der Waals surface area contributed by atoms with Crippen LogP contribution in [0.25, 0.3) is 5.69 Å². The molecule has 0 spiro atoms. The summed E-state index contributed by atoms with van der Waals surface area (Å²) in [6, 6.07) is 9.33. The zero-order valence-electron chi connectivity index (χ0n) is 6.75. The summed E-state index contributed by atoms with van der Waals surface area (Å²) in [4.78, 5) is 0. The number of hydrogen-bond donors (Lipinski definition) is 0. The molecule has 2 aromatic rings. The molecule has 0 fully saturated rings. The van der Waals surface area contributed by atoms with Crippen LogP contribution in [0.1, 0.15) is 5.56 Å². The minimum atomic E-state index is 0.631. The third kappa shape index (κ3) is 1.40. The summed E-state index contributed by atoms with van der Waals surface area (Å²) < 4.78 is 1.75. The van der Waals surface area contributed by atoms with Gasteiger partial charge >= 0.3 is 0 Å². The first kappa shape index (κ1) is 7.50. The second kappa shape index (κ2) is 3.07. The Morgan fingerprint density at radius 3 is 2.69 bits per heavy atom. The second-order valence-corrected chi connectivity index (χ2v) is 2.53. The van der Waals surface area contributed by atoms with E-state index in [-0.39, 0.29) is 0 Å². The normalized spacial score (nSPS) is 9.46. The van der Waals surface area contributed by atoms with Crippen molar-refractivity contribution in [2.75, 3.05) is 0 Å². The number of benzene rings is 1. The quantitative estimate of drug-likeness (QED) is 0.644. The zero-order valence-corrected chi connectivity index (χ0v) is 6.75. The van der Waals surface area contributed by atoms with Gasteiger partial charge in [0, 0.05) is 5.69 Å². The summed E-state index contributed by atoms with van der Waals surface area (Å²) in [5.74, 6) is 0. The highest BCUT2D eigenvalue weighted by Gasteiger charge is 1.96. The van der Waals surface area contributed by atoms with Crippen molar-refractivity contribution in [3.8, 4) is 11.8 Å². The van der Waals surface area contributed by atoms with E-state index >= 15 is 0 Å². The van der Waals surface area contributed by atoms with E-state index in [1.165, 1.54) is 0 Å². The van der Waals surface area contributed by atoms with Crippen LogP contribution in [0, 0.1) is 11.3 Å². The molecule has 0 amide bonds. The zero-order chi connectivity index (χ0) is 9.10. The molecular weight excluding hydrogens is 164 g/mol. The third-order valence-electron chi connectivity index (χ3n) is 1.69. The number of aromatic nitrogens is 3. The highest BCUT2D eigenvalue weighted by molar-refractivity contribution is 5.40. The lowest BCUT2D eigenvalue weighted by Gasteiger charge is -1.99. The van der Waals surface area contributed by atoms with Gasteiger partial charge in [0.15, 0.2) is 0 Å². The van der Waals surface area contributed by atoms with Gasteiger partial charge < -0.3 is 0 Å². The Hall–Kier alpha value is -2.15. The van der Waals surface area contributed by atoms with Gasteiger partial charge in [-0.25, -0.2) is 0 Å². The van der Waals surface area contributed by atoms with Crippen molar-refractivity contribution in [2.45, 2.75) is 0 Å². The van der Waals surface area contributed by atoms with Gasteiger partial charge in [0.05, 0.1) is 11.6 Å². The number of hydrogen-bond acceptors (Lipinski definition) is 3. The number of rotatable bonds is 1. The average Bonchev–Trinajstić information content (AvgIpc) is 2.71. The van der Waals surface area contributed by atoms with Crippen LogP contribution in [-0.4, -0.2) is 14.8 Å². The lowest BCUT2D eigenvalue weighted by atomic mass is 10.2. The molecule has 1 aromatic carbocycles. The number of nitrogens with zero attached hydrogens (tertiary/aromatic N) is 4. The molecule has 0 atom stereocenters. The maximum absolute atomic E-state index is 8.67. The van der Waals surface area contributed by atoms with Crippen molar-refractivity contribution in [2.24, 2.45) is 0 Å². The summed E-state index contributed by atoms with van der Waals surface area (Å²) in [6.07, 6.45) is 3.19. The molecule has 2 rings (SSSR count). The molecule has 62 valence electrons. The van der Waals surface area contributed by atoms with E-state index in [1.54, 1.807) is 29.4 Å². The molecule has 13 heavy (non-hydrogen) atoms. The molecule has 0 N–H and O–H groups in total. The summed E-state index contributed by atoms with van der Waals surface area (Å²) in [5, 5.41) is 16.0. The van der Waals surface area contributed by atoms with Gasteiger partial charge in [0.2, 0.25) is 0 Å². The largest absolute Gasteiger partial charge is 0.288 e. The SMILES string of the molecule is N#Cc1cccc(-n2cnnc2)c1. The number of nitriles is 1. The Balaban J connectivity index is 2.49. The van der Waals surface area contributed by atoms with Crippen LogP contribution >= 0.6 is 0 Å². The lowest BCUT2D eigenvalue weighted by molar-refractivity contribution is 1.05. The fourth-order valence-electron chi connectivity index (χ4n) is 1.07. The molecule has 0 aliphatic carbocycles. The third-order valence-corrected chi connectivity index (χ3v) is 1.69. The van der Waals surface area contributed by atoms with Crippen LogP contribution in [0.15, 0.2) is 36.9 Å². The van der Waals surface area contributed by atoms with E-state index in [0.717, 1.165) is 5.69 Å². The Morgan fingerprint density at radius 1 is 1.23 bits per heavy atom. The predicted octanol–water partition coefficient (Wildman–Crippen LogP) is 1.14. The van der Waals surface area contributed by atoms with Gasteiger partial charge in [-0.2, -0.15) is 5.26 Å². The van der Waals surface area contributed by atoms with Gasteiger partial charge in [0.1, 0.15) is 12.7 Å². The highest BCUT2D eigenvalue weighted by atomic mass is 15.2. The van der Waals surface area contributed by atoms with E-state index < -0.39 is 0 Å². The van der Waals surface area contributed by atoms with E-state index in [9.17, 15) is 0 Å². The van der Waals surface area contributed by atoms with Crippen LogP contribution in [0.4, 0.5) is 0 Å². The first-order chi connectivity index (χ1) is 6.40. The van der Waals surface area contributed by atoms with Gasteiger partial charge in [0.25, 0.3) is 0 Å². The molecule has 4 heteroatoms. The van der Waals surface area contributed by atoms with Crippen molar-refractivity contribution < 1.29 is 0 Å². The van der Waals surface area contributed by atoms with Crippen molar-refractivity contribution in [3.05, 3.63) is 42.5 Å². The van der Waals surface area contributed by atoms with Crippen molar-refractivity contribution in [3.63, 3.8) is 0 Å². The molecule has 0 bridgehead atoms. The maximum atomic E-state index is 8.67. The Bertz CT molecular complexity index is 439. The van der Waals surface area contributed by atoms with Gasteiger partial charge in [-0.15, -0.1) is 10.2 Å². The van der Waals surface area contributed by atoms with Crippen molar-refractivity contribution in [1.82, 2.24) is 14.8 Å². The minimum absolute atomic E-state index is 0.631. The molecule has 0 aliphatic heterocycles. The lowest BCUT2D eigenvalue weighted by Crippen LogP contribution is -1.89. The summed E-state index contributed by atoms with van der Waals surface area (Å²) in [6.45, 7) is 0. The van der Waals surface area contributed by atoms with E-state index in [1.807, 2.05) is 12.1 Å². The maximum Gasteiger partial charge on any atom is 0.123 e. The van der Waals surface area contributed by atoms with Gasteiger partial charge in [-0.1, -0.05) is 6.07 Å². The summed E-state index contributed by atoms with van der Waals surface area (Å²) in [7, 11) is 0. The van der Waals surface area contributed by atoms with Crippen LogP contribution in [0.3, 0.4) is 0 Å². The van der Waals surface area contributed by atoms with E-state index in [0.29, 0.717) is 5.56 Å². The first-order valence-electron chi connectivity index (χ1n) is 3.75. The topological polar surface area (TPSA) is 54.5 Å². The van der Waals surface area contributed by atoms with E-state index in [4.69, 9.17) is 5.26 Å². The fourth-order valence-corrected chi connectivity index (χ4v) is 1.07. The molecule has 4 nitrogen and oxygen atoms in total. The Morgan fingerprint density at radius 2 is 2.00 bits per heavy atom. The van der Waals surface area contributed by atoms with Crippen LogP contribution < -0.4 is 0 Å².